The van der Waals surface area contributed by atoms with Gasteiger partial charge in [-0.3, -0.25) is 0 Å². The van der Waals surface area contributed by atoms with E-state index in [-0.39, 0.29) is 18.5 Å². The van der Waals surface area contributed by atoms with Gasteiger partial charge in [0.1, 0.15) is 6.04 Å². The predicted molar refractivity (Wildman–Crippen MR) is 69.3 cm³/mol. The van der Waals surface area contributed by atoms with Crippen molar-refractivity contribution in [2.24, 2.45) is 5.92 Å². The van der Waals surface area contributed by atoms with E-state index in [1.807, 2.05) is 0 Å². The molecule has 1 saturated heterocycles. The minimum Gasteiger partial charge on any atom is -0.480 e. The largest absolute Gasteiger partial charge is 0.480 e. The SMILES string of the molecule is C=CCC(NC(=O)N1CCCC1C(C)C)C(=O)O. The fourth-order valence-electron chi connectivity index (χ4n) is 2.36. The number of likely N-dealkylation sites (tertiary alicyclic amines) is 1. The summed E-state index contributed by atoms with van der Waals surface area (Å²) in [7, 11) is 0. The summed E-state index contributed by atoms with van der Waals surface area (Å²) in [4.78, 5) is 24.8. The number of carbonyl (C=O) groups is 2. The second kappa shape index (κ2) is 6.42. The molecule has 1 aliphatic heterocycles. The lowest BCUT2D eigenvalue weighted by Crippen LogP contribution is -2.50. The standard InChI is InChI=1S/C13H22N2O3/c1-4-6-10(12(16)17)14-13(18)15-8-5-7-11(15)9(2)3/h4,9-11H,1,5-8H2,2-3H3,(H,14,18)(H,16,17). The van der Waals surface area contributed by atoms with Gasteiger partial charge in [-0.25, -0.2) is 9.59 Å². The van der Waals surface area contributed by atoms with E-state index in [4.69, 9.17) is 5.11 Å². The number of hydrogen-bond acceptors (Lipinski definition) is 2. The molecule has 0 saturated carbocycles. The first-order valence-corrected chi connectivity index (χ1v) is 6.38. The predicted octanol–water partition coefficient (Wildman–Crippen LogP) is 1.85. The van der Waals surface area contributed by atoms with E-state index >= 15 is 0 Å². The minimum absolute atomic E-state index is 0.211. The van der Waals surface area contributed by atoms with Crippen LogP contribution in [0, 0.1) is 5.92 Å². The van der Waals surface area contributed by atoms with Crippen LogP contribution < -0.4 is 5.32 Å². The van der Waals surface area contributed by atoms with E-state index in [2.05, 4.69) is 25.7 Å². The van der Waals surface area contributed by atoms with Crippen LogP contribution in [0.2, 0.25) is 0 Å². The van der Waals surface area contributed by atoms with Crippen LogP contribution in [-0.4, -0.2) is 40.6 Å². The Morgan fingerprint density at radius 1 is 1.56 bits per heavy atom. The number of rotatable bonds is 5. The van der Waals surface area contributed by atoms with Crippen LogP contribution in [0.25, 0.3) is 0 Å². The number of urea groups is 1. The Morgan fingerprint density at radius 3 is 2.72 bits per heavy atom. The molecule has 1 rings (SSSR count). The Bertz CT molecular complexity index is 328. The van der Waals surface area contributed by atoms with Gasteiger partial charge in [0.05, 0.1) is 0 Å². The molecule has 0 aliphatic carbocycles. The third kappa shape index (κ3) is 3.48. The summed E-state index contributed by atoms with van der Waals surface area (Å²) in [6.45, 7) is 8.36. The zero-order valence-electron chi connectivity index (χ0n) is 11.1. The fraction of sp³-hybridized carbons (Fsp3) is 0.692. The van der Waals surface area contributed by atoms with Gasteiger partial charge in [-0.2, -0.15) is 0 Å². The Labute approximate surface area is 108 Å². The molecule has 18 heavy (non-hydrogen) atoms. The first-order chi connectivity index (χ1) is 8.47. The molecule has 5 heteroatoms. The van der Waals surface area contributed by atoms with Gasteiger partial charge >= 0.3 is 12.0 Å². The summed E-state index contributed by atoms with van der Waals surface area (Å²) in [5.41, 5.74) is 0. The van der Waals surface area contributed by atoms with Gasteiger partial charge in [0.2, 0.25) is 0 Å². The number of carbonyl (C=O) groups excluding carboxylic acids is 1. The lowest BCUT2D eigenvalue weighted by atomic mass is 10.0. The van der Waals surface area contributed by atoms with Gasteiger partial charge in [-0.05, 0) is 25.2 Å². The lowest BCUT2D eigenvalue weighted by Gasteiger charge is -2.29. The topological polar surface area (TPSA) is 69.6 Å². The summed E-state index contributed by atoms with van der Waals surface area (Å²) in [5.74, 6) is -0.635. The Kier molecular flexibility index (Phi) is 5.19. The number of hydrogen-bond donors (Lipinski definition) is 2. The Morgan fingerprint density at radius 2 is 2.22 bits per heavy atom. The van der Waals surface area contributed by atoms with Crippen molar-refractivity contribution < 1.29 is 14.7 Å². The number of nitrogens with zero attached hydrogens (tertiary/aromatic N) is 1. The number of nitrogens with one attached hydrogen (secondary N) is 1. The third-order valence-electron chi connectivity index (χ3n) is 3.33. The maximum absolute atomic E-state index is 12.1. The molecule has 1 heterocycles. The molecule has 0 aromatic rings. The van der Waals surface area contributed by atoms with Crippen molar-refractivity contribution in [3.8, 4) is 0 Å². The minimum atomic E-state index is -1.02. The second-order valence-electron chi connectivity index (χ2n) is 5.01. The van der Waals surface area contributed by atoms with Gasteiger partial charge in [-0.15, -0.1) is 6.58 Å². The molecule has 2 atom stereocenters. The van der Waals surface area contributed by atoms with Crippen LogP contribution in [0.4, 0.5) is 4.79 Å². The van der Waals surface area contributed by atoms with Crippen molar-refractivity contribution in [3.05, 3.63) is 12.7 Å². The highest BCUT2D eigenvalue weighted by Crippen LogP contribution is 2.23. The van der Waals surface area contributed by atoms with E-state index in [0.717, 1.165) is 12.8 Å². The van der Waals surface area contributed by atoms with Crippen molar-refractivity contribution in [3.63, 3.8) is 0 Å². The van der Waals surface area contributed by atoms with Gasteiger partial charge in [0.25, 0.3) is 0 Å². The first-order valence-electron chi connectivity index (χ1n) is 6.38. The van der Waals surface area contributed by atoms with Crippen LogP contribution in [0.5, 0.6) is 0 Å². The normalized spacial score (nSPS) is 20.8. The smallest absolute Gasteiger partial charge is 0.326 e. The maximum atomic E-state index is 12.1. The zero-order chi connectivity index (χ0) is 13.7. The van der Waals surface area contributed by atoms with Gasteiger partial charge in [0, 0.05) is 12.6 Å². The number of carboxylic acid groups (broad SMARTS) is 1. The van der Waals surface area contributed by atoms with E-state index < -0.39 is 12.0 Å². The molecular formula is C13H22N2O3. The summed E-state index contributed by atoms with van der Waals surface area (Å²) < 4.78 is 0. The zero-order valence-corrected chi connectivity index (χ0v) is 11.1. The van der Waals surface area contributed by atoms with Crippen LogP contribution >= 0.6 is 0 Å². The molecule has 1 fully saturated rings. The summed E-state index contributed by atoms with van der Waals surface area (Å²) >= 11 is 0. The molecular weight excluding hydrogens is 232 g/mol. The van der Waals surface area contributed by atoms with Crippen molar-refractivity contribution in [2.75, 3.05) is 6.54 Å². The highest BCUT2D eigenvalue weighted by atomic mass is 16.4. The van der Waals surface area contributed by atoms with Crippen LogP contribution in [0.1, 0.15) is 33.1 Å². The van der Waals surface area contributed by atoms with Crippen molar-refractivity contribution in [1.29, 1.82) is 0 Å². The van der Waals surface area contributed by atoms with Gasteiger partial charge in [0.15, 0.2) is 0 Å². The van der Waals surface area contributed by atoms with Crippen molar-refractivity contribution in [2.45, 2.75) is 45.2 Å². The number of carboxylic acids is 1. The third-order valence-corrected chi connectivity index (χ3v) is 3.33. The van der Waals surface area contributed by atoms with E-state index in [1.54, 1.807) is 4.90 Å². The molecule has 5 nitrogen and oxygen atoms in total. The molecule has 102 valence electrons. The summed E-state index contributed by atoms with van der Waals surface area (Å²) in [6, 6.07) is -0.952. The first kappa shape index (κ1) is 14.5. The average molecular weight is 254 g/mol. The molecule has 2 unspecified atom stereocenters. The molecule has 0 radical (unpaired) electrons. The molecule has 0 aromatic carbocycles. The van der Waals surface area contributed by atoms with Gasteiger partial charge < -0.3 is 15.3 Å². The second-order valence-corrected chi connectivity index (χ2v) is 5.01. The summed E-state index contributed by atoms with van der Waals surface area (Å²) in [5, 5.41) is 11.6. The summed E-state index contributed by atoms with van der Waals surface area (Å²) in [6.07, 6.45) is 3.71. The van der Waals surface area contributed by atoms with Gasteiger partial charge in [-0.1, -0.05) is 19.9 Å². The average Bonchev–Trinajstić information content (AvgIpc) is 2.77. The molecule has 0 bridgehead atoms. The van der Waals surface area contributed by atoms with Crippen molar-refractivity contribution >= 4 is 12.0 Å². The fourth-order valence-corrected chi connectivity index (χ4v) is 2.36. The molecule has 2 amide bonds. The maximum Gasteiger partial charge on any atom is 0.326 e. The molecule has 0 aromatic heterocycles. The lowest BCUT2D eigenvalue weighted by molar-refractivity contribution is -0.139. The van der Waals surface area contributed by atoms with Crippen molar-refractivity contribution in [1.82, 2.24) is 10.2 Å². The highest BCUT2D eigenvalue weighted by molar-refractivity contribution is 5.83. The number of aliphatic carboxylic acids is 1. The quantitative estimate of drug-likeness (QED) is 0.735. The Hall–Kier alpha value is -1.52. The van der Waals surface area contributed by atoms with Crippen LogP contribution in [0.15, 0.2) is 12.7 Å². The highest BCUT2D eigenvalue weighted by Gasteiger charge is 2.32. The molecule has 0 spiro atoms. The Balaban J connectivity index is 2.63. The van der Waals surface area contributed by atoms with Crippen LogP contribution in [0.3, 0.4) is 0 Å². The van der Waals surface area contributed by atoms with E-state index in [0.29, 0.717) is 12.5 Å². The van der Waals surface area contributed by atoms with Crippen LogP contribution in [-0.2, 0) is 4.79 Å². The van der Waals surface area contributed by atoms with E-state index in [9.17, 15) is 9.59 Å². The molecule has 2 N–H and O–H groups in total. The van der Waals surface area contributed by atoms with E-state index in [1.165, 1.54) is 6.08 Å². The number of amides is 2. The molecule has 1 aliphatic rings. The monoisotopic (exact) mass is 254 g/mol.